The number of amides is 1. The largest absolute Gasteiger partial charge is 0.506 e. The molecule has 0 atom stereocenters. The van der Waals surface area contributed by atoms with Crippen LogP contribution in [0.15, 0.2) is 63.7 Å². The smallest absolute Gasteiger partial charge is 0.257 e. The summed E-state index contributed by atoms with van der Waals surface area (Å²) < 4.78 is 1.10. The first-order valence-corrected chi connectivity index (χ1v) is 9.38. The number of nitrogens with one attached hydrogen (secondary N) is 1. The lowest BCUT2D eigenvalue weighted by atomic mass is 10.0. The number of phenols is 1. The summed E-state index contributed by atoms with van der Waals surface area (Å²) in [6, 6.07) is 15.4. The fourth-order valence-electron chi connectivity index (χ4n) is 2.83. The molecule has 1 aliphatic rings. The Balaban J connectivity index is 1.82. The second-order valence-electron chi connectivity index (χ2n) is 5.83. The predicted molar refractivity (Wildman–Crippen MR) is 110 cm³/mol. The molecule has 4 rings (SSSR count). The number of nitrogens with zero attached hydrogens (tertiary/aromatic N) is 1. The first kappa shape index (κ1) is 17.0. The van der Waals surface area contributed by atoms with E-state index in [-0.39, 0.29) is 11.7 Å². The minimum Gasteiger partial charge on any atom is -0.506 e. The van der Waals surface area contributed by atoms with Crippen molar-refractivity contribution in [2.24, 2.45) is 0 Å². The molecular weight excluding hydrogens is 460 g/mol. The lowest BCUT2D eigenvalue weighted by molar-refractivity contribution is -0.110. The molecule has 2 N–H and O–H groups in total. The number of carbonyl (C=O) groups is 1. The standard InChI is InChI=1S/C20H12Br2N2O2/c21-16-7-11(8-17(22)18(16)25)6-15-14-9-13(12-4-2-1-3-5-12)10-23-19(14)24-20(15)26/h1-10,25H,(H,23,24,26). The van der Waals surface area contributed by atoms with Crippen LogP contribution in [0.25, 0.3) is 22.8 Å². The number of aromatic nitrogens is 1. The normalized spacial score (nSPS) is 14.4. The Kier molecular flexibility index (Phi) is 4.38. The molecule has 2 heterocycles. The van der Waals surface area contributed by atoms with Gasteiger partial charge in [-0.25, -0.2) is 4.98 Å². The minimum absolute atomic E-state index is 0.122. The molecule has 0 spiro atoms. The van der Waals surface area contributed by atoms with Gasteiger partial charge >= 0.3 is 0 Å². The molecule has 0 bridgehead atoms. The molecule has 0 radical (unpaired) electrons. The molecule has 6 heteroatoms. The van der Waals surface area contributed by atoms with Gasteiger partial charge in [0, 0.05) is 17.3 Å². The van der Waals surface area contributed by atoms with E-state index in [0.717, 1.165) is 22.3 Å². The van der Waals surface area contributed by atoms with Gasteiger partial charge in [0.05, 0.1) is 14.5 Å². The van der Waals surface area contributed by atoms with Gasteiger partial charge in [-0.15, -0.1) is 0 Å². The maximum absolute atomic E-state index is 12.4. The minimum atomic E-state index is -0.196. The summed E-state index contributed by atoms with van der Waals surface area (Å²) >= 11 is 6.63. The van der Waals surface area contributed by atoms with Crippen molar-refractivity contribution in [3.63, 3.8) is 0 Å². The van der Waals surface area contributed by atoms with Crippen molar-refractivity contribution in [3.8, 4) is 16.9 Å². The van der Waals surface area contributed by atoms with Gasteiger partial charge in [0.1, 0.15) is 11.6 Å². The predicted octanol–water partition coefficient (Wildman–Crippen LogP) is 5.47. The van der Waals surface area contributed by atoms with Crippen molar-refractivity contribution in [2.45, 2.75) is 0 Å². The van der Waals surface area contributed by atoms with Gasteiger partial charge in [-0.05, 0) is 67.3 Å². The third-order valence-corrected chi connectivity index (χ3v) is 5.32. The van der Waals surface area contributed by atoms with Crippen molar-refractivity contribution in [1.29, 1.82) is 0 Å². The number of phenolic OH excluding ortho intramolecular Hbond substituents is 1. The van der Waals surface area contributed by atoms with E-state index in [4.69, 9.17) is 0 Å². The quantitative estimate of drug-likeness (QED) is 0.487. The van der Waals surface area contributed by atoms with Crippen LogP contribution in [-0.2, 0) is 4.79 Å². The zero-order valence-electron chi connectivity index (χ0n) is 13.3. The van der Waals surface area contributed by atoms with Gasteiger partial charge in [-0.2, -0.15) is 0 Å². The molecule has 0 unspecified atom stereocenters. The van der Waals surface area contributed by atoms with Crippen LogP contribution in [0.4, 0.5) is 5.82 Å². The molecule has 26 heavy (non-hydrogen) atoms. The highest BCUT2D eigenvalue weighted by Crippen LogP contribution is 2.37. The van der Waals surface area contributed by atoms with Crippen LogP contribution < -0.4 is 5.32 Å². The average Bonchev–Trinajstić information content (AvgIpc) is 2.95. The van der Waals surface area contributed by atoms with Gasteiger partial charge < -0.3 is 10.4 Å². The molecule has 1 aliphatic heterocycles. The van der Waals surface area contributed by atoms with E-state index in [1.807, 2.05) is 36.4 Å². The van der Waals surface area contributed by atoms with Crippen LogP contribution >= 0.6 is 31.9 Å². The molecule has 128 valence electrons. The van der Waals surface area contributed by atoms with Crippen molar-refractivity contribution in [1.82, 2.24) is 4.98 Å². The van der Waals surface area contributed by atoms with Gasteiger partial charge in [-0.1, -0.05) is 30.3 Å². The second-order valence-corrected chi connectivity index (χ2v) is 7.54. The zero-order chi connectivity index (χ0) is 18.3. The number of hydrogen-bond donors (Lipinski definition) is 2. The molecule has 3 aromatic rings. The van der Waals surface area contributed by atoms with Gasteiger partial charge in [0.15, 0.2) is 0 Å². The summed E-state index contributed by atoms with van der Waals surface area (Å²) in [6.45, 7) is 0. The van der Waals surface area contributed by atoms with Crippen molar-refractivity contribution in [2.75, 3.05) is 5.32 Å². The Morgan fingerprint density at radius 1 is 1.00 bits per heavy atom. The average molecular weight is 472 g/mol. The highest BCUT2D eigenvalue weighted by Gasteiger charge is 2.26. The summed E-state index contributed by atoms with van der Waals surface area (Å²) in [5.41, 5.74) is 4.06. The maximum atomic E-state index is 12.4. The Morgan fingerprint density at radius 2 is 1.69 bits per heavy atom. The van der Waals surface area contributed by atoms with Crippen LogP contribution in [0.3, 0.4) is 0 Å². The van der Waals surface area contributed by atoms with Crippen LogP contribution in [0, 0.1) is 0 Å². The topological polar surface area (TPSA) is 62.2 Å². The molecule has 1 amide bonds. The van der Waals surface area contributed by atoms with Crippen LogP contribution in [0.5, 0.6) is 5.75 Å². The van der Waals surface area contributed by atoms with E-state index < -0.39 is 0 Å². The summed E-state index contributed by atoms with van der Waals surface area (Å²) in [5, 5.41) is 12.7. The van der Waals surface area contributed by atoms with E-state index in [1.165, 1.54) is 0 Å². The number of pyridine rings is 1. The van der Waals surface area contributed by atoms with Crippen molar-refractivity contribution >= 4 is 55.2 Å². The van der Waals surface area contributed by atoms with Gasteiger partial charge in [-0.3, -0.25) is 4.79 Å². The third kappa shape index (κ3) is 3.06. The second kappa shape index (κ2) is 6.70. The van der Waals surface area contributed by atoms with E-state index in [9.17, 15) is 9.90 Å². The monoisotopic (exact) mass is 470 g/mol. The number of anilines is 1. The number of benzene rings is 2. The summed E-state index contributed by atoms with van der Waals surface area (Å²) in [4.78, 5) is 16.8. The molecule has 0 saturated heterocycles. The van der Waals surface area contributed by atoms with Crippen molar-refractivity contribution < 1.29 is 9.90 Å². The first-order valence-electron chi connectivity index (χ1n) is 7.80. The van der Waals surface area contributed by atoms with Crippen LogP contribution in [0.2, 0.25) is 0 Å². The molecule has 0 fully saturated rings. The van der Waals surface area contributed by atoms with Crippen LogP contribution in [0.1, 0.15) is 11.1 Å². The van der Waals surface area contributed by atoms with E-state index in [2.05, 4.69) is 42.2 Å². The van der Waals surface area contributed by atoms with E-state index >= 15 is 0 Å². The molecular formula is C20H12Br2N2O2. The highest BCUT2D eigenvalue weighted by atomic mass is 79.9. The van der Waals surface area contributed by atoms with Crippen LogP contribution in [-0.4, -0.2) is 16.0 Å². The Hall–Kier alpha value is -2.44. The SMILES string of the molecule is O=C1Nc2ncc(-c3ccccc3)cc2C1=Cc1cc(Br)c(O)c(Br)c1. The van der Waals surface area contributed by atoms with E-state index in [0.29, 0.717) is 20.3 Å². The Labute approximate surface area is 166 Å². The maximum Gasteiger partial charge on any atom is 0.257 e. The van der Waals surface area contributed by atoms with Crippen molar-refractivity contribution in [3.05, 3.63) is 74.8 Å². The number of halogens is 2. The number of fused-ring (bicyclic) bond motifs is 1. The first-order chi connectivity index (χ1) is 12.5. The molecule has 1 aromatic heterocycles. The zero-order valence-corrected chi connectivity index (χ0v) is 16.5. The lowest BCUT2D eigenvalue weighted by Gasteiger charge is -2.05. The van der Waals surface area contributed by atoms with Gasteiger partial charge in [0.25, 0.3) is 5.91 Å². The highest BCUT2D eigenvalue weighted by molar-refractivity contribution is 9.11. The number of aromatic hydroxyl groups is 1. The number of hydrogen-bond acceptors (Lipinski definition) is 3. The molecule has 0 aliphatic carbocycles. The summed E-state index contributed by atoms with van der Waals surface area (Å²) in [7, 11) is 0. The molecule has 2 aromatic carbocycles. The summed E-state index contributed by atoms with van der Waals surface area (Å²) in [5.74, 6) is 0.479. The number of rotatable bonds is 2. The summed E-state index contributed by atoms with van der Waals surface area (Å²) in [6.07, 6.45) is 3.54. The van der Waals surface area contributed by atoms with Gasteiger partial charge in [0.2, 0.25) is 0 Å². The number of carbonyl (C=O) groups excluding carboxylic acids is 1. The fourth-order valence-corrected chi connectivity index (χ4v) is 4.06. The van der Waals surface area contributed by atoms with E-state index in [1.54, 1.807) is 24.4 Å². The third-order valence-electron chi connectivity index (χ3n) is 4.11. The Bertz CT molecular complexity index is 1040. The molecule has 0 saturated carbocycles. The molecule has 4 nitrogen and oxygen atoms in total. The fraction of sp³-hybridized carbons (Fsp3) is 0. The lowest BCUT2D eigenvalue weighted by Crippen LogP contribution is -2.04. The Morgan fingerprint density at radius 3 is 2.38 bits per heavy atom.